The van der Waals surface area contributed by atoms with Crippen molar-refractivity contribution in [1.82, 2.24) is 14.9 Å². The first-order valence-corrected chi connectivity index (χ1v) is 10.7. The third kappa shape index (κ3) is 4.97. The maximum absolute atomic E-state index is 11.8. The maximum atomic E-state index is 11.8. The van der Waals surface area contributed by atoms with E-state index in [1.807, 2.05) is 24.3 Å². The second-order valence-corrected chi connectivity index (χ2v) is 7.68. The molecule has 1 saturated carbocycles. The van der Waals surface area contributed by atoms with Crippen molar-refractivity contribution in [3.63, 3.8) is 0 Å². The number of nitrogens with one attached hydrogen (secondary N) is 1. The van der Waals surface area contributed by atoms with E-state index in [0.29, 0.717) is 13.2 Å². The van der Waals surface area contributed by atoms with Crippen LogP contribution in [0.2, 0.25) is 0 Å². The van der Waals surface area contributed by atoms with Gasteiger partial charge in [0, 0.05) is 18.9 Å². The highest BCUT2D eigenvalue weighted by molar-refractivity contribution is 5.80. The molecule has 0 spiro atoms. The lowest BCUT2D eigenvalue weighted by Crippen LogP contribution is -2.26. The molecule has 5 nitrogen and oxygen atoms in total. The van der Waals surface area contributed by atoms with Crippen LogP contribution in [0, 0.1) is 5.92 Å². The number of carbonyl (C=O) groups is 1. The average molecular weight is 392 g/mol. The quantitative estimate of drug-likeness (QED) is 0.529. The zero-order valence-corrected chi connectivity index (χ0v) is 17.1. The van der Waals surface area contributed by atoms with E-state index in [1.165, 1.54) is 5.56 Å². The molecule has 1 amide bonds. The lowest BCUT2D eigenvalue weighted by Gasteiger charge is -2.11. The van der Waals surface area contributed by atoms with Crippen LogP contribution in [0.15, 0.2) is 48.5 Å². The molecule has 1 fully saturated rings. The fraction of sp³-hybridized carbons (Fsp3) is 0.417. The minimum absolute atomic E-state index is 0.209. The van der Waals surface area contributed by atoms with Gasteiger partial charge in [-0.1, -0.05) is 31.2 Å². The first-order valence-electron chi connectivity index (χ1n) is 10.7. The number of hydrogen-bond donors (Lipinski definition) is 1. The minimum atomic E-state index is 0.209. The van der Waals surface area contributed by atoms with Gasteiger partial charge in [0.25, 0.3) is 0 Å². The SMILES string of the molecule is CCc1ccc(OCCn2c(CCCNC(=O)C3CC3)nc3ccccc32)cc1. The Bertz CT molecular complexity index is 958. The Balaban J connectivity index is 1.36. The Morgan fingerprint density at radius 1 is 1.17 bits per heavy atom. The van der Waals surface area contributed by atoms with Crippen molar-refractivity contribution in [3.8, 4) is 5.75 Å². The van der Waals surface area contributed by atoms with Gasteiger partial charge in [-0.05, 0) is 55.5 Å². The van der Waals surface area contributed by atoms with E-state index in [1.54, 1.807) is 0 Å². The minimum Gasteiger partial charge on any atom is -0.492 e. The highest BCUT2D eigenvalue weighted by Gasteiger charge is 2.29. The number of aromatic nitrogens is 2. The summed E-state index contributed by atoms with van der Waals surface area (Å²) in [5.41, 5.74) is 3.46. The van der Waals surface area contributed by atoms with Crippen LogP contribution in [0.4, 0.5) is 0 Å². The topological polar surface area (TPSA) is 56.1 Å². The van der Waals surface area contributed by atoms with Crippen LogP contribution in [0.3, 0.4) is 0 Å². The Morgan fingerprint density at radius 3 is 2.72 bits per heavy atom. The van der Waals surface area contributed by atoms with Crippen LogP contribution < -0.4 is 10.1 Å². The molecular weight excluding hydrogens is 362 g/mol. The molecule has 2 aromatic carbocycles. The molecule has 3 aromatic rings. The van der Waals surface area contributed by atoms with E-state index in [4.69, 9.17) is 9.72 Å². The van der Waals surface area contributed by atoms with Crippen LogP contribution in [-0.2, 0) is 24.2 Å². The van der Waals surface area contributed by atoms with Crippen LogP contribution in [0.1, 0.15) is 37.6 Å². The second kappa shape index (κ2) is 9.12. The van der Waals surface area contributed by atoms with E-state index in [2.05, 4.69) is 41.1 Å². The molecule has 1 aliphatic carbocycles. The van der Waals surface area contributed by atoms with Gasteiger partial charge in [-0.25, -0.2) is 4.98 Å². The first kappa shape index (κ1) is 19.5. The summed E-state index contributed by atoms with van der Waals surface area (Å²) in [7, 11) is 0. The van der Waals surface area contributed by atoms with Gasteiger partial charge in [0.15, 0.2) is 0 Å². The summed E-state index contributed by atoms with van der Waals surface area (Å²) in [5.74, 6) is 2.43. The normalized spacial score (nSPS) is 13.6. The molecule has 0 bridgehead atoms. The van der Waals surface area contributed by atoms with Crippen LogP contribution in [-0.4, -0.2) is 28.6 Å². The third-order valence-corrected chi connectivity index (χ3v) is 5.47. The average Bonchev–Trinajstić information content (AvgIpc) is 3.55. The molecule has 4 rings (SSSR count). The number of hydrogen-bond acceptors (Lipinski definition) is 3. The van der Waals surface area contributed by atoms with Gasteiger partial charge in [-0.3, -0.25) is 4.79 Å². The summed E-state index contributed by atoms with van der Waals surface area (Å²) in [6.45, 7) is 4.20. The van der Waals surface area contributed by atoms with Crippen molar-refractivity contribution < 1.29 is 9.53 Å². The van der Waals surface area contributed by atoms with Crippen LogP contribution in [0.25, 0.3) is 11.0 Å². The summed E-state index contributed by atoms with van der Waals surface area (Å²) in [5, 5.41) is 3.04. The number of rotatable bonds is 10. The molecule has 0 atom stereocenters. The van der Waals surface area contributed by atoms with Gasteiger partial charge in [0.05, 0.1) is 17.6 Å². The van der Waals surface area contributed by atoms with Gasteiger partial charge in [0.2, 0.25) is 5.91 Å². The van der Waals surface area contributed by atoms with E-state index in [9.17, 15) is 4.79 Å². The number of benzene rings is 2. The number of imidazole rings is 1. The molecule has 29 heavy (non-hydrogen) atoms. The fourth-order valence-corrected chi connectivity index (χ4v) is 3.59. The number of fused-ring (bicyclic) bond motifs is 1. The molecule has 152 valence electrons. The predicted octanol–water partition coefficient (Wildman–Crippen LogP) is 4.14. The monoisotopic (exact) mass is 391 g/mol. The smallest absolute Gasteiger partial charge is 0.223 e. The first-order chi connectivity index (χ1) is 14.2. The number of aryl methyl sites for hydroxylation is 2. The summed E-state index contributed by atoms with van der Waals surface area (Å²) in [6.07, 6.45) is 4.85. The Kier molecular flexibility index (Phi) is 6.13. The largest absolute Gasteiger partial charge is 0.492 e. The van der Waals surface area contributed by atoms with Gasteiger partial charge >= 0.3 is 0 Å². The van der Waals surface area contributed by atoms with Crippen molar-refractivity contribution in [1.29, 1.82) is 0 Å². The summed E-state index contributed by atoms with van der Waals surface area (Å²) >= 11 is 0. The third-order valence-electron chi connectivity index (χ3n) is 5.47. The number of ether oxygens (including phenoxy) is 1. The zero-order valence-electron chi connectivity index (χ0n) is 17.1. The molecule has 0 saturated heterocycles. The van der Waals surface area contributed by atoms with Gasteiger partial charge in [0.1, 0.15) is 18.2 Å². The number of carbonyl (C=O) groups excluding carboxylic acids is 1. The number of para-hydroxylation sites is 2. The van der Waals surface area contributed by atoms with E-state index in [0.717, 1.165) is 61.3 Å². The predicted molar refractivity (Wildman–Crippen MR) is 115 cm³/mol. The standard InChI is InChI=1S/C24H29N3O2/c1-2-18-9-13-20(14-10-18)29-17-16-27-22-7-4-3-6-21(22)26-23(27)8-5-15-25-24(28)19-11-12-19/h3-4,6-7,9-10,13-14,19H,2,5,8,11-12,15-17H2,1H3,(H,25,28). The van der Waals surface area contributed by atoms with Crippen molar-refractivity contribution in [2.75, 3.05) is 13.2 Å². The molecule has 0 unspecified atom stereocenters. The van der Waals surface area contributed by atoms with Crippen LogP contribution in [0.5, 0.6) is 5.75 Å². The van der Waals surface area contributed by atoms with Crippen LogP contribution >= 0.6 is 0 Å². The van der Waals surface area contributed by atoms with Crippen molar-refractivity contribution >= 4 is 16.9 Å². The van der Waals surface area contributed by atoms with E-state index >= 15 is 0 Å². The van der Waals surface area contributed by atoms with Crippen molar-refractivity contribution in [2.45, 2.75) is 45.6 Å². The molecule has 5 heteroatoms. The molecule has 0 radical (unpaired) electrons. The molecule has 1 aliphatic rings. The van der Waals surface area contributed by atoms with E-state index in [-0.39, 0.29) is 11.8 Å². The lowest BCUT2D eigenvalue weighted by atomic mass is 10.2. The van der Waals surface area contributed by atoms with Gasteiger partial charge in [-0.2, -0.15) is 0 Å². The Labute approximate surface area is 172 Å². The van der Waals surface area contributed by atoms with Crippen molar-refractivity contribution in [3.05, 3.63) is 59.9 Å². The fourth-order valence-electron chi connectivity index (χ4n) is 3.59. The molecular formula is C24H29N3O2. The van der Waals surface area contributed by atoms with Gasteiger partial charge < -0.3 is 14.6 Å². The summed E-state index contributed by atoms with van der Waals surface area (Å²) in [6, 6.07) is 16.5. The van der Waals surface area contributed by atoms with Gasteiger partial charge in [-0.15, -0.1) is 0 Å². The zero-order chi connectivity index (χ0) is 20.1. The summed E-state index contributed by atoms with van der Waals surface area (Å²) < 4.78 is 8.22. The molecule has 1 aromatic heterocycles. The van der Waals surface area contributed by atoms with E-state index < -0.39 is 0 Å². The molecule has 1 heterocycles. The highest BCUT2D eigenvalue weighted by Crippen LogP contribution is 2.28. The Hall–Kier alpha value is -2.82. The molecule has 1 N–H and O–H groups in total. The number of nitrogens with zero attached hydrogens (tertiary/aromatic N) is 2. The van der Waals surface area contributed by atoms with Crippen molar-refractivity contribution in [2.24, 2.45) is 5.92 Å². The molecule has 0 aliphatic heterocycles. The lowest BCUT2D eigenvalue weighted by molar-refractivity contribution is -0.122. The second-order valence-electron chi connectivity index (χ2n) is 7.68. The highest BCUT2D eigenvalue weighted by atomic mass is 16.5. The number of amides is 1. The Morgan fingerprint density at radius 2 is 1.97 bits per heavy atom. The summed E-state index contributed by atoms with van der Waals surface area (Å²) in [4.78, 5) is 16.6. The maximum Gasteiger partial charge on any atom is 0.223 e.